The van der Waals surface area contributed by atoms with E-state index >= 15 is 0 Å². The van der Waals surface area contributed by atoms with Crippen molar-refractivity contribution in [3.05, 3.63) is 90.3 Å². The Morgan fingerprint density at radius 3 is 2.59 bits per heavy atom. The summed E-state index contributed by atoms with van der Waals surface area (Å²) in [5.41, 5.74) is 2.74. The molecule has 0 aliphatic rings. The molecule has 138 valence electrons. The molecular formula is C22H23N3O2. The van der Waals surface area contributed by atoms with E-state index in [1.54, 1.807) is 24.3 Å². The number of amides is 2. The zero-order valence-electron chi connectivity index (χ0n) is 15.3. The fourth-order valence-electron chi connectivity index (χ4n) is 2.75. The molecule has 2 amide bonds. The fourth-order valence-corrected chi connectivity index (χ4v) is 2.75. The second-order valence-corrected chi connectivity index (χ2v) is 6.14. The van der Waals surface area contributed by atoms with Crippen LogP contribution in [0, 0.1) is 0 Å². The number of nitrogens with zero attached hydrogens (tertiary/aromatic N) is 2. The number of hydrogen-bond donors (Lipinski definition) is 1. The van der Waals surface area contributed by atoms with Crippen molar-refractivity contribution in [2.75, 3.05) is 19.0 Å². The normalized spacial score (nSPS) is 10.3. The molecule has 0 atom stereocenters. The molecule has 0 radical (unpaired) electrons. The number of ether oxygens (including phenoxy) is 1. The van der Waals surface area contributed by atoms with Crippen molar-refractivity contribution in [2.24, 2.45) is 0 Å². The van der Waals surface area contributed by atoms with Crippen LogP contribution in [-0.4, -0.2) is 29.6 Å². The zero-order valence-corrected chi connectivity index (χ0v) is 15.3. The Morgan fingerprint density at radius 2 is 1.85 bits per heavy atom. The first-order chi connectivity index (χ1) is 13.2. The van der Waals surface area contributed by atoms with Gasteiger partial charge in [0.2, 0.25) is 0 Å². The molecule has 5 nitrogen and oxygen atoms in total. The minimum absolute atomic E-state index is 0.162. The summed E-state index contributed by atoms with van der Waals surface area (Å²) in [7, 11) is 1.61. The first-order valence-electron chi connectivity index (χ1n) is 8.88. The monoisotopic (exact) mass is 361 g/mol. The predicted molar refractivity (Wildman–Crippen MR) is 107 cm³/mol. The molecule has 1 aromatic heterocycles. The number of nitrogens with one attached hydrogen (secondary N) is 1. The van der Waals surface area contributed by atoms with Crippen LogP contribution in [0.4, 0.5) is 10.5 Å². The van der Waals surface area contributed by atoms with Crippen molar-refractivity contribution in [1.82, 2.24) is 9.88 Å². The van der Waals surface area contributed by atoms with Crippen molar-refractivity contribution in [2.45, 2.75) is 13.0 Å². The maximum atomic E-state index is 12.9. The second-order valence-electron chi connectivity index (χ2n) is 6.14. The molecule has 0 spiro atoms. The van der Waals surface area contributed by atoms with Crippen molar-refractivity contribution in [1.29, 1.82) is 0 Å². The average molecular weight is 361 g/mol. The van der Waals surface area contributed by atoms with Crippen LogP contribution >= 0.6 is 0 Å². The van der Waals surface area contributed by atoms with Gasteiger partial charge in [-0.2, -0.15) is 0 Å². The third-order valence-corrected chi connectivity index (χ3v) is 4.20. The molecular weight excluding hydrogens is 338 g/mol. The lowest BCUT2D eigenvalue weighted by molar-refractivity contribution is 0.209. The summed E-state index contributed by atoms with van der Waals surface area (Å²) in [5, 5.41) is 2.95. The summed E-state index contributed by atoms with van der Waals surface area (Å²) >= 11 is 0. The van der Waals surface area contributed by atoms with E-state index in [0.717, 1.165) is 12.1 Å². The number of aromatic nitrogens is 1. The van der Waals surface area contributed by atoms with Crippen LogP contribution in [0.2, 0.25) is 0 Å². The molecule has 0 aliphatic carbocycles. The average Bonchev–Trinajstić information content (AvgIpc) is 2.72. The van der Waals surface area contributed by atoms with Gasteiger partial charge in [-0.3, -0.25) is 4.98 Å². The van der Waals surface area contributed by atoms with Gasteiger partial charge in [-0.25, -0.2) is 4.79 Å². The van der Waals surface area contributed by atoms with E-state index in [2.05, 4.69) is 22.4 Å². The number of anilines is 1. The topological polar surface area (TPSA) is 54.5 Å². The molecule has 2 aromatic carbocycles. The summed E-state index contributed by atoms with van der Waals surface area (Å²) in [5.74, 6) is 0.702. The Bertz CT molecular complexity index is 854. The molecule has 27 heavy (non-hydrogen) atoms. The van der Waals surface area contributed by atoms with Gasteiger partial charge in [0.15, 0.2) is 0 Å². The van der Waals surface area contributed by atoms with Crippen LogP contribution in [0.3, 0.4) is 0 Å². The molecule has 1 heterocycles. The summed E-state index contributed by atoms with van der Waals surface area (Å²) < 4.78 is 5.22. The Kier molecular flexibility index (Phi) is 6.41. The van der Waals surface area contributed by atoms with Gasteiger partial charge in [-0.05, 0) is 36.2 Å². The van der Waals surface area contributed by atoms with Gasteiger partial charge < -0.3 is 15.0 Å². The van der Waals surface area contributed by atoms with E-state index in [9.17, 15) is 4.79 Å². The van der Waals surface area contributed by atoms with Crippen LogP contribution in [0.15, 0.2) is 79.0 Å². The van der Waals surface area contributed by atoms with Gasteiger partial charge in [-0.1, -0.05) is 42.5 Å². The Hall–Kier alpha value is -3.34. The number of methoxy groups -OCH3 is 1. The van der Waals surface area contributed by atoms with Crippen LogP contribution in [0.25, 0.3) is 0 Å². The molecule has 0 unspecified atom stereocenters. The highest BCUT2D eigenvalue weighted by molar-refractivity contribution is 5.89. The van der Waals surface area contributed by atoms with Crippen molar-refractivity contribution < 1.29 is 9.53 Å². The molecule has 0 fully saturated rings. The third kappa shape index (κ3) is 5.57. The minimum Gasteiger partial charge on any atom is -0.497 e. The maximum absolute atomic E-state index is 12.9. The van der Waals surface area contributed by atoms with E-state index < -0.39 is 0 Å². The van der Waals surface area contributed by atoms with Gasteiger partial charge >= 0.3 is 6.03 Å². The van der Waals surface area contributed by atoms with Crippen molar-refractivity contribution in [3.8, 4) is 5.75 Å². The largest absolute Gasteiger partial charge is 0.497 e. The molecule has 5 heteroatoms. The highest BCUT2D eigenvalue weighted by Crippen LogP contribution is 2.17. The summed E-state index contributed by atoms with van der Waals surface area (Å²) in [6.45, 7) is 1.04. The van der Waals surface area contributed by atoms with Crippen LogP contribution < -0.4 is 10.1 Å². The second kappa shape index (κ2) is 9.38. The number of urea groups is 1. The molecule has 0 saturated carbocycles. The minimum atomic E-state index is -0.162. The smallest absolute Gasteiger partial charge is 0.322 e. The lowest BCUT2D eigenvalue weighted by Crippen LogP contribution is -2.36. The number of rotatable bonds is 7. The molecule has 3 rings (SSSR count). The standard InChI is InChI=1S/C22H23N3O2/c1-27-21-12-7-11-19(16-21)24-22(26)25(17-20-10-5-6-14-23-20)15-13-18-8-3-2-4-9-18/h2-12,14,16H,13,15,17H2,1H3,(H,24,26). The summed E-state index contributed by atoms with van der Waals surface area (Å²) in [6, 6.07) is 23.0. The molecule has 0 aliphatic heterocycles. The lowest BCUT2D eigenvalue weighted by Gasteiger charge is -2.23. The SMILES string of the molecule is COc1cccc(NC(=O)N(CCc2ccccc2)Cc2ccccn2)c1. The quantitative estimate of drug-likeness (QED) is 0.680. The van der Waals surface area contributed by atoms with E-state index in [-0.39, 0.29) is 6.03 Å². The highest BCUT2D eigenvalue weighted by atomic mass is 16.5. The van der Waals surface area contributed by atoms with Gasteiger partial charge in [-0.15, -0.1) is 0 Å². The van der Waals surface area contributed by atoms with E-state index in [4.69, 9.17) is 4.74 Å². The number of carbonyl (C=O) groups is 1. The van der Waals surface area contributed by atoms with E-state index in [0.29, 0.717) is 24.5 Å². The zero-order chi connectivity index (χ0) is 18.9. The van der Waals surface area contributed by atoms with Gasteiger partial charge in [0.05, 0.1) is 19.3 Å². The molecule has 0 bridgehead atoms. The van der Waals surface area contributed by atoms with E-state index in [1.807, 2.05) is 54.6 Å². The Morgan fingerprint density at radius 1 is 1.04 bits per heavy atom. The van der Waals surface area contributed by atoms with Crippen LogP contribution in [0.5, 0.6) is 5.75 Å². The number of hydrogen-bond acceptors (Lipinski definition) is 3. The van der Waals surface area contributed by atoms with Gasteiger partial charge in [0.25, 0.3) is 0 Å². The van der Waals surface area contributed by atoms with Gasteiger partial charge in [0.1, 0.15) is 5.75 Å². The van der Waals surface area contributed by atoms with Crippen LogP contribution in [-0.2, 0) is 13.0 Å². The summed E-state index contributed by atoms with van der Waals surface area (Å²) in [4.78, 5) is 19.0. The first-order valence-corrected chi connectivity index (χ1v) is 8.88. The van der Waals surface area contributed by atoms with Crippen molar-refractivity contribution >= 4 is 11.7 Å². The van der Waals surface area contributed by atoms with Gasteiger partial charge in [0, 0.05) is 24.5 Å². The number of carbonyl (C=O) groups excluding carboxylic acids is 1. The third-order valence-electron chi connectivity index (χ3n) is 4.20. The predicted octanol–water partition coefficient (Wildman–Crippen LogP) is 4.37. The van der Waals surface area contributed by atoms with Crippen LogP contribution in [0.1, 0.15) is 11.3 Å². The molecule has 0 saturated heterocycles. The highest BCUT2D eigenvalue weighted by Gasteiger charge is 2.15. The summed E-state index contributed by atoms with van der Waals surface area (Å²) in [6.07, 6.45) is 2.52. The lowest BCUT2D eigenvalue weighted by atomic mass is 10.1. The molecule has 3 aromatic rings. The number of benzene rings is 2. The first kappa shape index (κ1) is 18.5. The Labute approximate surface area is 159 Å². The molecule has 1 N–H and O–H groups in total. The maximum Gasteiger partial charge on any atom is 0.322 e. The fraction of sp³-hybridized carbons (Fsp3) is 0.182. The van der Waals surface area contributed by atoms with Crippen molar-refractivity contribution in [3.63, 3.8) is 0 Å². The number of pyridine rings is 1. The van der Waals surface area contributed by atoms with E-state index in [1.165, 1.54) is 5.56 Å². The Balaban J connectivity index is 1.71.